The molecule has 0 atom stereocenters. The third-order valence-electron chi connectivity index (χ3n) is 8.24. The number of hydrogen-bond donors (Lipinski definition) is 0. The zero-order valence-corrected chi connectivity index (χ0v) is 34.2. The summed E-state index contributed by atoms with van der Waals surface area (Å²) in [4.78, 5) is 11.2. The second kappa shape index (κ2) is 33.3. The van der Waals surface area contributed by atoms with E-state index in [1.165, 1.54) is 0 Å². The molecule has 0 unspecified atom stereocenters. The zero-order chi connectivity index (χ0) is 41.0. The molecule has 0 aliphatic heterocycles. The Balaban J connectivity index is 1.03. The van der Waals surface area contributed by atoms with E-state index >= 15 is 0 Å². The molecule has 13 nitrogen and oxygen atoms in total. The van der Waals surface area contributed by atoms with Crippen molar-refractivity contribution in [1.82, 2.24) is 0 Å². The van der Waals surface area contributed by atoms with Crippen molar-refractivity contribution in [3.63, 3.8) is 0 Å². The van der Waals surface area contributed by atoms with Crippen molar-refractivity contribution in [2.45, 2.75) is 12.5 Å². The molecule has 0 aliphatic rings. The van der Waals surface area contributed by atoms with Crippen molar-refractivity contribution in [3.05, 3.63) is 120 Å². The van der Waals surface area contributed by atoms with Crippen LogP contribution in [-0.2, 0) is 67.2 Å². The van der Waals surface area contributed by atoms with Crippen LogP contribution in [0.1, 0.15) is 23.6 Å². The molecule has 0 amide bonds. The fourth-order valence-corrected chi connectivity index (χ4v) is 5.42. The Hall–Kier alpha value is -3.57. The molecular formula is C45H64O13. The molecule has 0 saturated heterocycles. The Bertz CT molecular complexity index is 1320. The van der Waals surface area contributed by atoms with Gasteiger partial charge in [0.15, 0.2) is 0 Å². The highest BCUT2D eigenvalue weighted by molar-refractivity contribution is 5.86. The summed E-state index contributed by atoms with van der Waals surface area (Å²) in [6.45, 7) is 15.0. The Morgan fingerprint density at radius 3 is 0.845 bits per heavy atom. The standard InChI is InChI=1S/C45H64O13/c1-40(2)44(46)57-38-36-55-34-32-53-30-28-51-26-24-49-22-20-47-18-19-48-21-23-50-25-27-52-29-31-54-33-35-56-37-39-58-45(41-12-6-3-7-13-41,42-14-8-4-9-15-42)43-16-10-5-11-17-43/h3-17H,1,18-39H2,2H3. The summed E-state index contributed by atoms with van der Waals surface area (Å²) >= 11 is 0. The van der Waals surface area contributed by atoms with Crippen LogP contribution < -0.4 is 0 Å². The van der Waals surface area contributed by atoms with Crippen LogP contribution in [0.5, 0.6) is 0 Å². The highest BCUT2D eigenvalue weighted by atomic mass is 16.6. The number of carbonyl (C=O) groups is 1. The third-order valence-corrected chi connectivity index (χ3v) is 8.24. The first-order chi connectivity index (χ1) is 28.6. The molecule has 58 heavy (non-hydrogen) atoms. The second-order valence-corrected chi connectivity index (χ2v) is 12.7. The third kappa shape index (κ3) is 21.4. The maximum atomic E-state index is 11.2. The molecule has 0 fully saturated rings. The average Bonchev–Trinajstić information content (AvgIpc) is 3.26. The van der Waals surface area contributed by atoms with Gasteiger partial charge in [-0.1, -0.05) is 97.6 Å². The van der Waals surface area contributed by atoms with Crippen LogP contribution in [0.2, 0.25) is 0 Å². The summed E-state index contributed by atoms with van der Waals surface area (Å²) in [6.07, 6.45) is 0. The van der Waals surface area contributed by atoms with E-state index in [4.69, 9.17) is 56.8 Å². The van der Waals surface area contributed by atoms with Crippen molar-refractivity contribution in [2.75, 3.05) is 145 Å². The highest BCUT2D eigenvalue weighted by Gasteiger charge is 2.37. The van der Waals surface area contributed by atoms with Crippen molar-refractivity contribution in [3.8, 4) is 0 Å². The van der Waals surface area contributed by atoms with Gasteiger partial charge >= 0.3 is 5.97 Å². The summed E-state index contributed by atoms with van der Waals surface area (Å²) in [5.74, 6) is -0.415. The van der Waals surface area contributed by atoms with Crippen LogP contribution in [0.25, 0.3) is 0 Å². The average molecular weight is 813 g/mol. The summed E-state index contributed by atoms with van der Waals surface area (Å²) in [5.41, 5.74) is 2.80. The number of rotatable bonds is 38. The maximum Gasteiger partial charge on any atom is 0.333 e. The lowest BCUT2D eigenvalue weighted by Crippen LogP contribution is -2.34. The van der Waals surface area contributed by atoms with E-state index in [2.05, 4.69) is 43.0 Å². The Labute approximate surface area is 344 Å². The fourth-order valence-electron chi connectivity index (χ4n) is 5.42. The first kappa shape index (κ1) is 48.8. The summed E-state index contributed by atoms with van der Waals surface area (Å²) in [7, 11) is 0. The minimum Gasteiger partial charge on any atom is -0.460 e. The fraction of sp³-hybridized carbons (Fsp3) is 0.533. The summed E-state index contributed by atoms with van der Waals surface area (Å²) in [6, 6.07) is 30.9. The van der Waals surface area contributed by atoms with E-state index in [1.807, 2.05) is 54.6 Å². The molecule has 0 radical (unpaired) electrons. The molecule has 0 N–H and O–H groups in total. The molecule has 0 aliphatic carbocycles. The Morgan fingerprint density at radius 1 is 0.379 bits per heavy atom. The molecule has 0 spiro atoms. The lowest BCUT2D eigenvalue weighted by molar-refractivity contribution is -0.140. The first-order valence-corrected chi connectivity index (χ1v) is 20.0. The van der Waals surface area contributed by atoms with Crippen molar-refractivity contribution >= 4 is 5.97 Å². The van der Waals surface area contributed by atoms with E-state index in [9.17, 15) is 4.79 Å². The normalized spacial score (nSPS) is 11.5. The summed E-state index contributed by atoms with van der Waals surface area (Å²) < 4.78 is 67.0. The van der Waals surface area contributed by atoms with Gasteiger partial charge < -0.3 is 56.8 Å². The SMILES string of the molecule is C=C(C)C(=O)OCCOCCOCCOCCOCCOCCOCCOCCOCCOCCOCCOC(c1ccccc1)(c1ccccc1)c1ccccc1. The van der Waals surface area contributed by atoms with Crippen LogP contribution in [0.4, 0.5) is 0 Å². The molecule has 13 heteroatoms. The number of hydrogen-bond acceptors (Lipinski definition) is 13. The topological polar surface area (TPSA) is 128 Å². The molecule has 0 saturated carbocycles. The largest absolute Gasteiger partial charge is 0.460 e. The van der Waals surface area contributed by atoms with E-state index < -0.39 is 11.6 Å². The van der Waals surface area contributed by atoms with Gasteiger partial charge in [-0.25, -0.2) is 4.79 Å². The van der Waals surface area contributed by atoms with Crippen molar-refractivity contribution in [2.24, 2.45) is 0 Å². The van der Waals surface area contributed by atoms with Gasteiger partial charge in [-0.2, -0.15) is 0 Å². The summed E-state index contributed by atoms with van der Waals surface area (Å²) in [5, 5.41) is 0. The number of carbonyl (C=O) groups excluding carboxylic acids is 1. The van der Waals surface area contributed by atoms with Crippen LogP contribution in [0.3, 0.4) is 0 Å². The number of esters is 1. The van der Waals surface area contributed by atoms with Gasteiger partial charge in [-0.05, 0) is 23.6 Å². The van der Waals surface area contributed by atoms with Gasteiger partial charge in [0.05, 0.1) is 139 Å². The Kier molecular flexibility index (Phi) is 28.0. The van der Waals surface area contributed by atoms with Gasteiger partial charge in [-0.3, -0.25) is 0 Å². The van der Waals surface area contributed by atoms with Crippen molar-refractivity contribution < 1.29 is 61.6 Å². The van der Waals surface area contributed by atoms with Gasteiger partial charge in [0, 0.05) is 5.57 Å². The van der Waals surface area contributed by atoms with Crippen LogP contribution >= 0.6 is 0 Å². The van der Waals surface area contributed by atoms with Crippen molar-refractivity contribution in [1.29, 1.82) is 0 Å². The lowest BCUT2D eigenvalue weighted by Gasteiger charge is -2.36. The quantitative estimate of drug-likeness (QED) is 0.0323. The molecule has 0 heterocycles. The van der Waals surface area contributed by atoms with Crippen LogP contribution in [0.15, 0.2) is 103 Å². The minimum absolute atomic E-state index is 0.195. The molecule has 0 aromatic heterocycles. The van der Waals surface area contributed by atoms with Gasteiger partial charge in [-0.15, -0.1) is 0 Å². The van der Waals surface area contributed by atoms with E-state index in [1.54, 1.807) is 6.92 Å². The number of ether oxygens (including phenoxy) is 12. The van der Waals surface area contributed by atoms with Gasteiger partial charge in [0.1, 0.15) is 12.2 Å². The smallest absolute Gasteiger partial charge is 0.333 e. The van der Waals surface area contributed by atoms with Crippen LogP contribution in [0, 0.1) is 0 Å². The molecule has 3 rings (SSSR count). The zero-order valence-electron chi connectivity index (χ0n) is 34.2. The Morgan fingerprint density at radius 2 is 0.603 bits per heavy atom. The van der Waals surface area contributed by atoms with Gasteiger partial charge in [0.25, 0.3) is 0 Å². The van der Waals surface area contributed by atoms with Crippen LogP contribution in [-0.4, -0.2) is 151 Å². The molecule has 3 aromatic rings. The molecular weight excluding hydrogens is 748 g/mol. The minimum atomic E-state index is -0.757. The predicted molar refractivity (Wildman–Crippen MR) is 219 cm³/mol. The monoisotopic (exact) mass is 812 g/mol. The predicted octanol–water partition coefficient (Wildman–Crippen LogP) is 5.28. The van der Waals surface area contributed by atoms with Gasteiger partial charge in [0.2, 0.25) is 0 Å². The van der Waals surface area contributed by atoms with E-state index in [0.29, 0.717) is 144 Å². The second-order valence-electron chi connectivity index (χ2n) is 12.7. The number of benzene rings is 3. The molecule has 322 valence electrons. The molecule has 0 bridgehead atoms. The molecule has 3 aromatic carbocycles. The maximum absolute atomic E-state index is 11.2. The highest BCUT2D eigenvalue weighted by Crippen LogP contribution is 2.40. The lowest BCUT2D eigenvalue weighted by atomic mass is 9.80. The first-order valence-electron chi connectivity index (χ1n) is 20.0. The van der Waals surface area contributed by atoms with E-state index in [0.717, 1.165) is 16.7 Å². The van der Waals surface area contributed by atoms with E-state index in [-0.39, 0.29) is 6.61 Å².